The maximum absolute atomic E-state index is 9.07. The number of aliphatic hydroxyl groups excluding tert-OH is 1. The summed E-state index contributed by atoms with van der Waals surface area (Å²) in [5.74, 6) is 0. The van der Waals surface area contributed by atoms with Gasteiger partial charge in [-0.2, -0.15) is 0 Å². The average molecular weight is 214 g/mol. The summed E-state index contributed by atoms with van der Waals surface area (Å²) in [6.45, 7) is 7.94. The molecule has 0 saturated carbocycles. The summed E-state index contributed by atoms with van der Waals surface area (Å²) in [7, 11) is 2.20. The second-order valence-electron chi connectivity index (χ2n) is 4.79. The molecule has 0 aromatic carbocycles. The van der Waals surface area contributed by atoms with Gasteiger partial charge in [-0.15, -0.1) is 0 Å². The first-order chi connectivity index (χ1) is 7.19. The lowest BCUT2D eigenvalue weighted by Crippen LogP contribution is -2.39. The van der Waals surface area contributed by atoms with Crippen LogP contribution in [0.4, 0.5) is 0 Å². The van der Waals surface area contributed by atoms with E-state index in [1.54, 1.807) is 0 Å². The molecular formula is C12H26N2O. The minimum absolute atomic E-state index is 0.290. The Balaban J connectivity index is 2.41. The Kier molecular flexibility index (Phi) is 5.58. The van der Waals surface area contributed by atoms with Crippen molar-refractivity contribution in [3.63, 3.8) is 0 Å². The fourth-order valence-corrected chi connectivity index (χ4v) is 2.39. The maximum atomic E-state index is 9.07. The van der Waals surface area contributed by atoms with Crippen LogP contribution >= 0.6 is 0 Å². The largest absolute Gasteiger partial charge is 0.395 e. The zero-order valence-corrected chi connectivity index (χ0v) is 10.4. The summed E-state index contributed by atoms with van der Waals surface area (Å²) in [6.07, 6.45) is 3.73. The van der Waals surface area contributed by atoms with Crippen LogP contribution in [-0.4, -0.2) is 60.3 Å². The van der Waals surface area contributed by atoms with Gasteiger partial charge in [-0.05, 0) is 33.4 Å². The minimum Gasteiger partial charge on any atom is -0.395 e. The summed E-state index contributed by atoms with van der Waals surface area (Å²) >= 11 is 0. The molecule has 1 N–H and O–H groups in total. The maximum Gasteiger partial charge on any atom is 0.0558 e. The zero-order valence-electron chi connectivity index (χ0n) is 10.4. The normalized spacial score (nSPS) is 27.8. The molecule has 0 spiro atoms. The second-order valence-corrected chi connectivity index (χ2v) is 4.79. The molecule has 3 heteroatoms. The number of unbranched alkanes of at least 4 members (excludes halogenated alkanes) is 1. The average Bonchev–Trinajstić information content (AvgIpc) is 2.54. The van der Waals surface area contributed by atoms with Gasteiger partial charge in [0, 0.05) is 25.2 Å². The number of hydrogen-bond acceptors (Lipinski definition) is 3. The Morgan fingerprint density at radius 3 is 2.60 bits per heavy atom. The van der Waals surface area contributed by atoms with Gasteiger partial charge in [0.05, 0.1) is 6.61 Å². The van der Waals surface area contributed by atoms with Gasteiger partial charge in [0.25, 0.3) is 0 Å². The first-order valence-corrected chi connectivity index (χ1v) is 6.24. The molecule has 0 aliphatic carbocycles. The summed E-state index contributed by atoms with van der Waals surface area (Å²) in [5.41, 5.74) is 0. The van der Waals surface area contributed by atoms with Crippen LogP contribution in [0.25, 0.3) is 0 Å². The van der Waals surface area contributed by atoms with Crippen LogP contribution in [0, 0.1) is 0 Å². The highest BCUT2D eigenvalue weighted by Crippen LogP contribution is 2.20. The summed E-state index contributed by atoms with van der Waals surface area (Å²) < 4.78 is 0. The van der Waals surface area contributed by atoms with E-state index >= 15 is 0 Å². The highest BCUT2D eigenvalue weighted by atomic mass is 16.3. The summed E-state index contributed by atoms with van der Waals surface area (Å²) in [5, 5.41) is 9.07. The van der Waals surface area contributed by atoms with E-state index in [1.807, 2.05) is 0 Å². The van der Waals surface area contributed by atoms with E-state index in [2.05, 4.69) is 30.7 Å². The van der Waals surface area contributed by atoms with E-state index in [4.69, 9.17) is 5.11 Å². The van der Waals surface area contributed by atoms with E-state index in [9.17, 15) is 0 Å². The number of aliphatic hydroxyl groups is 1. The van der Waals surface area contributed by atoms with Crippen molar-refractivity contribution in [3.05, 3.63) is 0 Å². The molecule has 90 valence electrons. The predicted molar refractivity (Wildman–Crippen MR) is 64.1 cm³/mol. The molecular weight excluding hydrogens is 188 g/mol. The SMILES string of the molecule is CCCCN(CCO)C1CC(C)N(C)C1. The van der Waals surface area contributed by atoms with Gasteiger partial charge in [-0.1, -0.05) is 13.3 Å². The molecule has 1 heterocycles. The minimum atomic E-state index is 0.290. The lowest BCUT2D eigenvalue weighted by Gasteiger charge is -2.27. The number of likely N-dealkylation sites (N-methyl/N-ethyl adjacent to an activating group) is 1. The molecule has 3 nitrogen and oxygen atoms in total. The van der Waals surface area contributed by atoms with E-state index in [0.717, 1.165) is 19.6 Å². The fraction of sp³-hybridized carbons (Fsp3) is 1.00. The molecule has 1 aliphatic heterocycles. The smallest absolute Gasteiger partial charge is 0.0558 e. The zero-order chi connectivity index (χ0) is 11.3. The van der Waals surface area contributed by atoms with Gasteiger partial charge in [-0.3, -0.25) is 4.90 Å². The standard InChI is InChI=1S/C12H26N2O/c1-4-5-6-14(7-8-15)12-9-11(2)13(3)10-12/h11-12,15H,4-10H2,1-3H3. The Bertz CT molecular complexity index is 165. The quantitative estimate of drug-likeness (QED) is 0.719. The first kappa shape index (κ1) is 12.9. The van der Waals surface area contributed by atoms with Crippen LogP contribution in [0.5, 0.6) is 0 Å². The Morgan fingerprint density at radius 2 is 2.13 bits per heavy atom. The Hall–Kier alpha value is -0.120. The second kappa shape index (κ2) is 6.46. The van der Waals surface area contributed by atoms with Crippen LogP contribution in [0.3, 0.4) is 0 Å². The highest BCUT2D eigenvalue weighted by Gasteiger charge is 2.29. The molecule has 0 aromatic heterocycles. The summed E-state index contributed by atoms with van der Waals surface area (Å²) in [6, 6.07) is 1.35. The third-order valence-corrected chi connectivity index (χ3v) is 3.57. The van der Waals surface area contributed by atoms with Crippen molar-refractivity contribution in [1.82, 2.24) is 9.80 Å². The summed E-state index contributed by atoms with van der Waals surface area (Å²) in [4.78, 5) is 4.88. The van der Waals surface area contributed by atoms with Gasteiger partial charge in [0.1, 0.15) is 0 Å². The van der Waals surface area contributed by atoms with Crippen molar-refractivity contribution in [1.29, 1.82) is 0 Å². The van der Waals surface area contributed by atoms with Gasteiger partial charge < -0.3 is 10.0 Å². The molecule has 1 fully saturated rings. The molecule has 0 radical (unpaired) electrons. The van der Waals surface area contributed by atoms with E-state index in [1.165, 1.54) is 19.3 Å². The third kappa shape index (κ3) is 3.74. The number of hydrogen-bond donors (Lipinski definition) is 1. The van der Waals surface area contributed by atoms with Crippen LogP contribution < -0.4 is 0 Å². The lowest BCUT2D eigenvalue weighted by molar-refractivity contribution is 0.150. The molecule has 2 unspecified atom stereocenters. The molecule has 1 rings (SSSR count). The van der Waals surface area contributed by atoms with Gasteiger partial charge in [0.2, 0.25) is 0 Å². The molecule has 0 aromatic rings. The van der Waals surface area contributed by atoms with Crippen LogP contribution in [0.15, 0.2) is 0 Å². The van der Waals surface area contributed by atoms with Gasteiger partial charge in [0.15, 0.2) is 0 Å². The van der Waals surface area contributed by atoms with E-state index < -0.39 is 0 Å². The topological polar surface area (TPSA) is 26.7 Å². The molecule has 2 atom stereocenters. The number of likely N-dealkylation sites (tertiary alicyclic amines) is 1. The molecule has 1 aliphatic rings. The van der Waals surface area contributed by atoms with Crippen LogP contribution in [-0.2, 0) is 0 Å². The van der Waals surface area contributed by atoms with Crippen LogP contribution in [0.2, 0.25) is 0 Å². The molecule has 0 amide bonds. The van der Waals surface area contributed by atoms with Gasteiger partial charge >= 0.3 is 0 Å². The predicted octanol–water partition coefficient (Wildman–Crippen LogP) is 1.17. The van der Waals surface area contributed by atoms with E-state index in [-0.39, 0.29) is 6.61 Å². The molecule has 0 bridgehead atoms. The molecule has 15 heavy (non-hydrogen) atoms. The number of nitrogens with zero attached hydrogens (tertiary/aromatic N) is 2. The van der Waals surface area contributed by atoms with Crippen molar-refractivity contribution in [2.24, 2.45) is 0 Å². The highest BCUT2D eigenvalue weighted by molar-refractivity contribution is 4.86. The number of rotatable bonds is 6. The van der Waals surface area contributed by atoms with E-state index in [0.29, 0.717) is 12.1 Å². The first-order valence-electron chi connectivity index (χ1n) is 6.24. The molecule has 1 saturated heterocycles. The van der Waals surface area contributed by atoms with Crippen molar-refractivity contribution in [2.45, 2.75) is 45.2 Å². The Labute approximate surface area is 94.1 Å². The van der Waals surface area contributed by atoms with Crippen molar-refractivity contribution < 1.29 is 5.11 Å². The lowest BCUT2D eigenvalue weighted by atomic mass is 10.1. The monoisotopic (exact) mass is 214 g/mol. The van der Waals surface area contributed by atoms with Crippen molar-refractivity contribution in [2.75, 3.05) is 33.3 Å². The van der Waals surface area contributed by atoms with Crippen molar-refractivity contribution >= 4 is 0 Å². The third-order valence-electron chi connectivity index (χ3n) is 3.57. The van der Waals surface area contributed by atoms with Crippen LogP contribution in [0.1, 0.15) is 33.1 Å². The Morgan fingerprint density at radius 1 is 1.40 bits per heavy atom. The fourth-order valence-electron chi connectivity index (χ4n) is 2.39. The van der Waals surface area contributed by atoms with Gasteiger partial charge in [-0.25, -0.2) is 0 Å². The van der Waals surface area contributed by atoms with Crippen molar-refractivity contribution in [3.8, 4) is 0 Å².